The molecule has 3 aliphatic heterocycles. The topological polar surface area (TPSA) is 6.48 Å². The Labute approximate surface area is 123 Å². The van der Waals surface area contributed by atoms with E-state index in [1.54, 1.807) is 11.1 Å². The van der Waals surface area contributed by atoms with Gasteiger partial charge in [-0.15, -0.1) is 0 Å². The van der Waals surface area contributed by atoms with Crippen LogP contribution >= 0.6 is 0 Å². The molecule has 1 aromatic rings. The van der Waals surface area contributed by atoms with Crippen molar-refractivity contribution in [3.05, 3.63) is 35.4 Å². The second-order valence-electron chi connectivity index (χ2n) is 6.47. The van der Waals surface area contributed by atoms with Crippen molar-refractivity contribution < 1.29 is 0 Å². The van der Waals surface area contributed by atoms with Gasteiger partial charge in [0.1, 0.15) is 0 Å². The van der Waals surface area contributed by atoms with E-state index in [2.05, 4.69) is 47.9 Å². The Bertz CT molecular complexity index is 402. The zero-order valence-corrected chi connectivity index (χ0v) is 13.0. The molecule has 0 amide bonds. The summed E-state index contributed by atoms with van der Waals surface area (Å²) in [7, 11) is 0. The summed E-state index contributed by atoms with van der Waals surface area (Å²) in [5.74, 6) is 0. The molecule has 1 fully saturated rings. The molecule has 4 rings (SSSR count). The van der Waals surface area contributed by atoms with Gasteiger partial charge in [0.05, 0.1) is 0 Å². The summed E-state index contributed by atoms with van der Waals surface area (Å²) >= 11 is 0. The van der Waals surface area contributed by atoms with E-state index in [-0.39, 0.29) is 0 Å². The molecule has 1 aromatic carbocycles. The summed E-state index contributed by atoms with van der Waals surface area (Å²) in [6, 6.07) is 10.6. The lowest BCUT2D eigenvalue weighted by Crippen LogP contribution is -2.60. The molecule has 110 valence electrons. The summed E-state index contributed by atoms with van der Waals surface area (Å²) in [5.41, 5.74) is 3.19. The second kappa shape index (κ2) is 6.28. The Kier molecular flexibility index (Phi) is 4.42. The zero-order chi connectivity index (χ0) is 13.9. The van der Waals surface area contributed by atoms with E-state index in [0.29, 0.717) is 0 Å². The highest BCUT2D eigenvalue weighted by molar-refractivity contribution is 5.30. The fourth-order valence-electron chi connectivity index (χ4n) is 4.04. The van der Waals surface area contributed by atoms with Gasteiger partial charge >= 0.3 is 0 Å². The first-order valence-electron chi connectivity index (χ1n) is 8.36. The van der Waals surface area contributed by atoms with Gasteiger partial charge in [-0.2, -0.15) is 0 Å². The van der Waals surface area contributed by atoms with Crippen molar-refractivity contribution in [1.82, 2.24) is 9.80 Å². The maximum absolute atomic E-state index is 2.76. The van der Waals surface area contributed by atoms with E-state index < -0.39 is 0 Å². The van der Waals surface area contributed by atoms with Crippen LogP contribution in [0.5, 0.6) is 0 Å². The van der Waals surface area contributed by atoms with Crippen LogP contribution in [-0.4, -0.2) is 48.1 Å². The number of hydrogen-bond acceptors (Lipinski definition) is 2. The quantitative estimate of drug-likeness (QED) is 0.831. The Morgan fingerprint density at radius 2 is 1.30 bits per heavy atom. The first kappa shape index (κ1) is 14.1. The summed E-state index contributed by atoms with van der Waals surface area (Å²) in [6.07, 6.45) is 5.03. The number of hydrogen-bond donors (Lipinski definition) is 0. The smallest absolute Gasteiger partial charge is 0.0264 e. The van der Waals surface area contributed by atoms with E-state index >= 15 is 0 Å². The first-order chi connectivity index (χ1) is 9.81. The minimum atomic E-state index is 0.721. The number of nitrogens with zero attached hydrogens (tertiary/aromatic N) is 2. The van der Waals surface area contributed by atoms with Gasteiger partial charge in [0.15, 0.2) is 0 Å². The van der Waals surface area contributed by atoms with Gasteiger partial charge in [-0.05, 0) is 49.9 Å². The van der Waals surface area contributed by atoms with Crippen LogP contribution in [0.25, 0.3) is 0 Å². The number of rotatable bonds is 4. The summed E-state index contributed by atoms with van der Waals surface area (Å²) in [5, 5.41) is 0. The van der Waals surface area contributed by atoms with Crippen LogP contribution < -0.4 is 0 Å². The molecule has 2 heteroatoms. The standard InChI is InChI=1S/C18H28N2/c1-3-9-19-13-18-12-16-8-6-5-7-15(16)11-17(19)14-20(18)10-4-2/h5-8,17-18H,3-4,9-14H2,1-2H3. The Morgan fingerprint density at radius 3 is 1.70 bits per heavy atom. The third kappa shape index (κ3) is 2.77. The van der Waals surface area contributed by atoms with Gasteiger partial charge in [-0.3, -0.25) is 9.80 Å². The van der Waals surface area contributed by atoms with Crippen LogP contribution in [0.15, 0.2) is 24.3 Å². The predicted molar refractivity (Wildman–Crippen MR) is 85.2 cm³/mol. The molecule has 0 aliphatic carbocycles. The Hall–Kier alpha value is -0.860. The first-order valence-corrected chi connectivity index (χ1v) is 8.36. The highest BCUT2D eigenvalue weighted by Crippen LogP contribution is 2.27. The lowest BCUT2D eigenvalue weighted by molar-refractivity contribution is 0.0239. The molecule has 2 nitrogen and oxygen atoms in total. The molecule has 0 N–H and O–H groups in total. The van der Waals surface area contributed by atoms with E-state index in [1.165, 1.54) is 51.9 Å². The molecule has 0 spiro atoms. The van der Waals surface area contributed by atoms with Crippen LogP contribution in [0, 0.1) is 0 Å². The fraction of sp³-hybridized carbons (Fsp3) is 0.667. The molecule has 3 heterocycles. The van der Waals surface area contributed by atoms with E-state index in [9.17, 15) is 0 Å². The number of benzene rings is 1. The van der Waals surface area contributed by atoms with Gasteiger partial charge in [0.2, 0.25) is 0 Å². The molecule has 1 saturated heterocycles. The van der Waals surface area contributed by atoms with Crippen LogP contribution in [0.4, 0.5) is 0 Å². The molecule has 0 radical (unpaired) electrons. The molecule has 0 saturated carbocycles. The van der Waals surface area contributed by atoms with Crippen LogP contribution in [0.1, 0.15) is 37.8 Å². The maximum atomic E-state index is 2.76. The molecular formula is C18H28N2. The molecule has 0 aromatic heterocycles. The molecule has 2 unspecified atom stereocenters. The molecule has 3 aliphatic rings. The lowest BCUT2D eigenvalue weighted by atomic mass is 9.87. The van der Waals surface area contributed by atoms with Crippen molar-refractivity contribution in [2.24, 2.45) is 0 Å². The van der Waals surface area contributed by atoms with Crippen LogP contribution in [-0.2, 0) is 12.8 Å². The predicted octanol–water partition coefficient (Wildman–Crippen LogP) is 2.96. The molecule has 20 heavy (non-hydrogen) atoms. The summed E-state index contributed by atoms with van der Waals surface area (Å²) in [4.78, 5) is 5.51. The average molecular weight is 272 g/mol. The third-order valence-electron chi connectivity index (χ3n) is 4.97. The van der Waals surface area contributed by atoms with Crippen molar-refractivity contribution in [2.75, 3.05) is 26.2 Å². The van der Waals surface area contributed by atoms with Gasteiger partial charge < -0.3 is 0 Å². The molecule has 2 bridgehead atoms. The summed E-state index contributed by atoms with van der Waals surface area (Å²) in [6.45, 7) is 9.70. The highest BCUT2D eigenvalue weighted by atomic mass is 15.3. The normalized spacial score (nSPS) is 27.1. The lowest BCUT2D eigenvalue weighted by Gasteiger charge is -2.48. The second-order valence-corrected chi connectivity index (χ2v) is 6.47. The number of piperazine rings is 1. The zero-order valence-electron chi connectivity index (χ0n) is 13.0. The largest absolute Gasteiger partial charge is 0.297 e. The molecule has 2 atom stereocenters. The number of fused-ring (bicyclic) bond motifs is 2. The van der Waals surface area contributed by atoms with Gasteiger partial charge in [0, 0.05) is 25.2 Å². The van der Waals surface area contributed by atoms with Gasteiger partial charge in [-0.1, -0.05) is 38.1 Å². The van der Waals surface area contributed by atoms with Crippen LogP contribution in [0.3, 0.4) is 0 Å². The third-order valence-corrected chi connectivity index (χ3v) is 4.97. The Balaban J connectivity index is 1.88. The highest BCUT2D eigenvalue weighted by Gasteiger charge is 2.35. The van der Waals surface area contributed by atoms with Gasteiger partial charge in [0.25, 0.3) is 0 Å². The van der Waals surface area contributed by atoms with E-state index in [1.807, 2.05) is 0 Å². The van der Waals surface area contributed by atoms with Crippen molar-refractivity contribution >= 4 is 0 Å². The maximum Gasteiger partial charge on any atom is 0.0264 e. The van der Waals surface area contributed by atoms with E-state index in [4.69, 9.17) is 0 Å². The summed E-state index contributed by atoms with van der Waals surface area (Å²) < 4.78 is 0. The van der Waals surface area contributed by atoms with Crippen LogP contribution in [0.2, 0.25) is 0 Å². The van der Waals surface area contributed by atoms with Crippen molar-refractivity contribution in [3.63, 3.8) is 0 Å². The van der Waals surface area contributed by atoms with Crippen molar-refractivity contribution in [2.45, 2.75) is 51.6 Å². The fourth-order valence-corrected chi connectivity index (χ4v) is 4.04. The van der Waals surface area contributed by atoms with Crippen molar-refractivity contribution in [3.8, 4) is 0 Å². The minimum absolute atomic E-state index is 0.721. The minimum Gasteiger partial charge on any atom is -0.297 e. The monoisotopic (exact) mass is 272 g/mol. The van der Waals surface area contributed by atoms with Gasteiger partial charge in [-0.25, -0.2) is 0 Å². The average Bonchev–Trinajstić information content (AvgIpc) is 2.42. The molecular weight excluding hydrogens is 244 g/mol. The Morgan fingerprint density at radius 1 is 0.850 bits per heavy atom. The SMILES string of the molecule is CCCN1CC2Cc3ccccc3CC1CN2CCC. The van der Waals surface area contributed by atoms with E-state index in [0.717, 1.165) is 12.1 Å². The van der Waals surface area contributed by atoms with Crippen molar-refractivity contribution in [1.29, 1.82) is 0 Å².